The van der Waals surface area contributed by atoms with Crippen LogP contribution in [0.4, 0.5) is 11.6 Å². The van der Waals surface area contributed by atoms with Gasteiger partial charge in [-0.1, -0.05) is 29.8 Å². The minimum absolute atomic E-state index is 0.00587. The van der Waals surface area contributed by atoms with Gasteiger partial charge in [0.1, 0.15) is 12.0 Å². The monoisotopic (exact) mass is 488 g/mol. The molecule has 0 aliphatic heterocycles. The van der Waals surface area contributed by atoms with Crippen molar-refractivity contribution in [2.24, 2.45) is 0 Å². The number of benzene rings is 2. The largest absolute Gasteiger partial charge is 0.476 e. The Balaban J connectivity index is 1.61. The van der Waals surface area contributed by atoms with Gasteiger partial charge in [0, 0.05) is 12.2 Å². The Morgan fingerprint density at radius 2 is 1.83 bits per heavy atom. The number of nitrogens with one attached hydrogen (secondary N) is 1. The maximum Gasteiger partial charge on any atom is 0.399 e. The molecule has 2 N–H and O–H groups in total. The number of hydrogen-bond acceptors (Lipinski definition) is 9. The summed E-state index contributed by atoms with van der Waals surface area (Å²) in [6.45, 7) is 2.04. The number of carboxylic acid groups (broad SMARTS) is 1. The van der Waals surface area contributed by atoms with Gasteiger partial charge in [0.05, 0.1) is 19.0 Å². The Hall–Kier alpha value is -5.18. The van der Waals surface area contributed by atoms with Gasteiger partial charge in [0.15, 0.2) is 5.69 Å². The number of carboxylic acids is 1. The molecule has 0 saturated carbocycles. The molecule has 12 heteroatoms. The first-order chi connectivity index (χ1) is 17.3. The van der Waals surface area contributed by atoms with Crippen molar-refractivity contribution in [1.82, 2.24) is 19.1 Å². The summed E-state index contributed by atoms with van der Waals surface area (Å²) in [7, 11) is 0. The third-order valence-electron chi connectivity index (χ3n) is 5.08. The van der Waals surface area contributed by atoms with Crippen molar-refractivity contribution < 1.29 is 19.1 Å². The lowest BCUT2D eigenvalue weighted by atomic mass is 10.1. The van der Waals surface area contributed by atoms with Crippen LogP contribution in [0.2, 0.25) is 0 Å². The van der Waals surface area contributed by atoms with Gasteiger partial charge in [-0.25, -0.2) is 19.0 Å². The van der Waals surface area contributed by atoms with E-state index in [9.17, 15) is 14.4 Å². The number of aromatic carboxylic acids is 1. The van der Waals surface area contributed by atoms with Crippen molar-refractivity contribution in [3.8, 4) is 17.9 Å². The summed E-state index contributed by atoms with van der Waals surface area (Å²) in [6, 6.07) is 15.8. The quantitative estimate of drug-likeness (QED) is 0.358. The molecule has 0 fully saturated rings. The van der Waals surface area contributed by atoms with E-state index in [0.29, 0.717) is 11.4 Å². The number of nitriles is 1. The number of aryl methyl sites for hydroxylation is 1. The van der Waals surface area contributed by atoms with Crippen LogP contribution in [-0.4, -0.2) is 30.2 Å². The van der Waals surface area contributed by atoms with Crippen LogP contribution in [0.25, 0.3) is 0 Å². The van der Waals surface area contributed by atoms with Crippen LogP contribution < -0.4 is 21.4 Å². The Bertz CT molecular complexity index is 1540. The van der Waals surface area contributed by atoms with Crippen molar-refractivity contribution in [3.63, 3.8) is 0 Å². The van der Waals surface area contributed by atoms with Crippen LogP contribution in [0.5, 0.6) is 11.8 Å². The molecule has 0 atom stereocenters. The maximum absolute atomic E-state index is 13.1. The van der Waals surface area contributed by atoms with Gasteiger partial charge in [-0.05, 0) is 36.8 Å². The van der Waals surface area contributed by atoms with E-state index in [1.807, 2.05) is 37.3 Å². The number of oxazole rings is 1. The second-order valence-electron chi connectivity index (χ2n) is 7.69. The third-order valence-corrected chi connectivity index (χ3v) is 5.08. The van der Waals surface area contributed by atoms with Crippen molar-refractivity contribution >= 4 is 17.6 Å². The average Bonchev–Trinajstić information content (AvgIpc) is 3.33. The number of carbonyl (C=O) groups is 1. The molecular formula is C24H20N6O6. The van der Waals surface area contributed by atoms with Gasteiger partial charge in [-0.3, -0.25) is 4.57 Å². The highest BCUT2D eigenvalue weighted by Crippen LogP contribution is 2.23. The van der Waals surface area contributed by atoms with E-state index in [4.69, 9.17) is 19.5 Å². The predicted molar refractivity (Wildman–Crippen MR) is 127 cm³/mol. The SMILES string of the molecule is Cc1ccc(Cn2c(Nc3ccc(Oc4nc(C(=O)O)co4)cc3)nc(=O)n(CCC#N)c2=O)cc1. The second kappa shape index (κ2) is 10.4. The van der Waals surface area contributed by atoms with Gasteiger partial charge in [0.25, 0.3) is 0 Å². The van der Waals surface area contributed by atoms with Crippen molar-refractivity contribution in [2.75, 3.05) is 5.32 Å². The lowest BCUT2D eigenvalue weighted by Crippen LogP contribution is -2.42. The van der Waals surface area contributed by atoms with E-state index in [-0.39, 0.29) is 37.2 Å². The Kier molecular flexibility index (Phi) is 6.92. The summed E-state index contributed by atoms with van der Waals surface area (Å²) in [6.07, 6.45) is 0.724. The van der Waals surface area contributed by atoms with E-state index in [1.165, 1.54) is 4.57 Å². The molecule has 4 rings (SSSR count). The molecule has 182 valence electrons. The molecule has 0 aliphatic rings. The number of anilines is 2. The highest BCUT2D eigenvalue weighted by molar-refractivity contribution is 5.84. The van der Waals surface area contributed by atoms with Gasteiger partial charge in [0.2, 0.25) is 5.95 Å². The number of aromatic nitrogens is 4. The molecule has 0 spiro atoms. The van der Waals surface area contributed by atoms with Crippen LogP contribution in [0, 0.1) is 18.3 Å². The van der Waals surface area contributed by atoms with Crippen LogP contribution in [0.1, 0.15) is 28.0 Å². The fraction of sp³-hybridized carbons (Fsp3) is 0.167. The molecule has 2 aromatic heterocycles. The number of nitrogens with zero attached hydrogens (tertiary/aromatic N) is 5. The summed E-state index contributed by atoms with van der Waals surface area (Å²) in [5.41, 5.74) is 0.744. The normalized spacial score (nSPS) is 10.6. The number of hydrogen-bond donors (Lipinski definition) is 2. The van der Waals surface area contributed by atoms with Gasteiger partial charge >= 0.3 is 23.4 Å². The fourth-order valence-corrected chi connectivity index (χ4v) is 3.24. The van der Waals surface area contributed by atoms with E-state index >= 15 is 0 Å². The molecule has 0 aliphatic carbocycles. The van der Waals surface area contributed by atoms with Crippen LogP contribution in [0.15, 0.2) is 68.8 Å². The average molecular weight is 488 g/mol. The van der Waals surface area contributed by atoms with Gasteiger partial charge in [-0.2, -0.15) is 15.2 Å². The van der Waals surface area contributed by atoms with E-state index < -0.39 is 17.3 Å². The molecule has 0 saturated heterocycles. The summed E-state index contributed by atoms with van der Waals surface area (Å²) >= 11 is 0. The molecule has 2 heterocycles. The third kappa shape index (κ3) is 5.48. The minimum atomic E-state index is -1.24. The molecule has 0 bridgehead atoms. The van der Waals surface area contributed by atoms with Crippen LogP contribution in [-0.2, 0) is 13.1 Å². The topological polar surface area (TPSA) is 165 Å². The highest BCUT2D eigenvalue weighted by atomic mass is 16.6. The number of ether oxygens (including phenoxy) is 1. The van der Waals surface area contributed by atoms with Crippen LogP contribution >= 0.6 is 0 Å². The highest BCUT2D eigenvalue weighted by Gasteiger charge is 2.15. The zero-order valence-corrected chi connectivity index (χ0v) is 19.0. The Labute approximate surface area is 203 Å². The van der Waals surface area contributed by atoms with E-state index in [1.54, 1.807) is 24.3 Å². The zero-order chi connectivity index (χ0) is 25.7. The smallest absolute Gasteiger partial charge is 0.399 e. The predicted octanol–water partition coefficient (Wildman–Crippen LogP) is 2.90. The molecule has 0 unspecified atom stereocenters. The first-order valence-corrected chi connectivity index (χ1v) is 10.7. The Morgan fingerprint density at radius 3 is 2.47 bits per heavy atom. The lowest BCUT2D eigenvalue weighted by molar-refractivity contribution is 0.0690. The molecule has 2 aromatic carbocycles. The van der Waals surface area contributed by atoms with Gasteiger partial charge in [-0.15, -0.1) is 0 Å². The first-order valence-electron chi connectivity index (χ1n) is 10.7. The van der Waals surface area contributed by atoms with E-state index in [0.717, 1.165) is 22.0 Å². The number of rotatable bonds is 9. The standard InChI is InChI=1S/C24H20N6O6/c1-15-3-5-16(6-4-15)13-30-21(28-22(33)29(24(30)34)12-2-11-25)26-17-7-9-18(10-8-17)36-23-27-19(14-35-23)20(31)32/h3-10,14H,2,12-13H2,1H3,(H,31,32)(H,26,28,33). The first kappa shape index (κ1) is 24.0. The van der Waals surface area contributed by atoms with Crippen molar-refractivity contribution in [3.05, 3.63) is 92.6 Å². The van der Waals surface area contributed by atoms with Crippen molar-refractivity contribution in [2.45, 2.75) is 26.4 Å². The molecule has 12 nitrogen and oxygen atoms in total. The molecule has 36 heavy (non-hydrogen) atoms. The van der Waals surface area contributed by atoms with E-state index in [2.05, 4.69) is 15.3 Å². The maximum atomic E-state index is 13.1. The summed E-state index contributed by atoms with van der Waals surface area (Å²) in [5.74, 6) is -0.894. The summed E-state index contributed by atoms with van der Waals surface area (Å²) in [4.78, 5) is 44.3. The van der Waals surface area contributed by atoms with Gasteiger partial charge < -0.3 is 19.6 Å². The lowest BCUT2D eigenvalue weighted by Gasteiger charge is -2.15. The molecular weight excluding hydrogens is 468 g/mol. The fourth-order valence-electron chi connectivity index (χ4n) is 3.24. The van der Waals surface area contributed by atoms with Crippen molar-refractivity contribution in [1.29, 1.82) is 5.26 Å². The molecule has 4 aromatic rings. The Morgan fingerprint density at radius 1 is 1.11 bits per heavy atom. The minimum Gasteiger partial charge on any atom is -0.476 e. The van der Waals surface area contributed by atoms with Crippen LogP contribution in [0.3, 0.4) is 0 Å². The second-order valence-corrected chi connectivity index (χ2v) is 7.69. The summed E-state index contributed by atoms with van der Waals surface area (Å²) in [5, 5.41) is 20.8. The molecule has 0 radical (unpaired) electrons. The zero-order valence-electron chi connectivity index (χ0n) is 19.0. The summed E-state index contributed by atoms with van der Waals surface area (Å²) < 4.78 is 12.6. The molecule has 0 amide bonds.